The van der Waals surface area contributed by atoms with Gasteiger partial charge in [-0.25, -0.2) is 8.78 Å². The van der Waals surface area contributed by atoms with Crippen molar-refractivity contribution >= 4 is 0 Å². The molecule has 1 atom stereocenters. The summed E-state index contributed by atoms with van der Waals surface area (Å²) in [4.78, 5) is 0. The summed E-state index contributed by atoms with van der Waals surface area (Å²) in [6, 6.07) is 0. The van der Waals surface area contributed by atoms with Crippen LogP contribution in [0, 0.1) is 5.92 Å². The third-order valence-electron chi connectivity index (χ3n) is 2.02. The van der Waals surface area contributed by atoms with Crippen LogP contribution in [0.4, 0.5) is 8.78 Å². The van der Waals surface area contributed by atoms with Gasteiger partial charge in [-0.05, 0) is 12.3 Å². The van der Waals surface area contributed by atoms with Crippen molar-refractivity contribution in [3.63, 3.8) is 0 Å². The molecule has 0 aromatic rings. The fraction of sp³-hybridized carbons (Fsp3) is 1.00. The minimum atomic E-state index is -2.59. The average molecular weight is 166 g/mol. The van der Waals surface area contributed by atoms with Crippen LogP contribution >= 0.6 is 0 Å². The van der Waals surface area contributed by atoms with Crippen molar-refractivity contribution in [2.24, 2.45) is 5.92 Å². The van der Waals surface area contributed by atoms with E-state index in [2.05, 4.69) is 0 Å². The molecule has 68 valence electrons. The zero-order valence-corrected chi connectivity index (χ0v) is 7.06. The van der Waals surface area contributed by atoms with E-state index in [1.54, 1.807) is 0 Å². The highest BCUT2D eigenvalue weighted by atomic mass is 19.3. The molecule has 0 aliphatic carbocycles. The van der Waals surface area contributed by atoms with Crippen LogP contribution < -0.4 is 0 Å². The van der Waals surface area contributed by atoms with Gasteiger partial charge in [0, 0.05) is 0 Å². The topological polar surface area (TPSA) is 20.2 Å². The van der Waals surface area contributed by atoms with E-state index in [-0.39, 0.29) is 12.3 Å². The van der Waals surface area contributed by atoms with Crippen LogP contribution in [-0.4, -0.2) is 17.6 Å². The van der Waals surface area contributed by atoms with Crippen LogP contribution in [0.2, 0.25) is 0 Å². The van der Waals surface area contributed by atoms with Crippen molar-refractivity contribution < 1.29 is 13.9 Å². The third kappa shape index (κ3) is 4.30. The van der Waals surface area contributed by atoms with Crippen LogP contribution in [0.25, 0.3) is 0 Å². The fourth-order valence-corrected chi connectivity index (χ4v) is 1.07. The first kappa shape index (κ1) is 10.8. The first-order valence-electron chi connectivity index (χ1n) is 4.08. The highest BCUT2D eigenvalue weighted by Gasteiger charge is 2.19. The first-order valence-corrected chi connectivity index (χ1v) is 4.08. The molecule has 0 fully saturated rings. The lowest BCUT2D eigenvalue weighted by molar-refractivity contribution is -0.0181. The zero-order valence-electron chi connectivity index (χ0n) is 7.06. The quantitative estimate of drug-likeness (QED) is 0.665. The van der Waals surface area contributed by atoms with Crippen LogP contribution in [0.5, 0.6) is 0 Å². The predicted octanol–water partition coefficient (Wildman–Crippen LogP) is 2.44. The van der Waals surface area contributed by atoms with Crippen molar-refractivity contribution in [1.82, 2.24) is 0 Å². The van der Waals surface area contributed by atoms with Crippen LogP contribution in [0.15, 0.2) is 0 Å². The summed E-state index contributed by atoms with van der Waals surface area (Å²) < 4.78 is 23.6. The monoisotopic (exact) mass is 166 g/mol. The van der Waals surface area contributed by atoms with Crippen LogP contribution in [-0.2, 0) is 0 Å². The highest BCUT2D eigenvalue weighted by Crippen LogP contribution is 2.18. The Bertz CT molecular complexity index is 92.1. The molecule has 1 unspecified atom stereocenters. The molecule has 3 heteroatoms. The molecule has 0 heterocycles. The second-order valence-corrected chi connectivity index (χ2v) is 2.82. The largest absolute Gasteiger partial charge is 0.387 e. The molecule has 0 aliphatic heterocycles. The molecule has 0 saturated heterocycles. The molecule has 0 radical (unpaired) electrons. The lowest BCUT2D eigenvalue weighted by Crippen LogP contribution is -2.20. The van der Waals surface area contributed by atoms with Gasteiger partial charge < -0.3 is 5.11 Å². The van der Waals surface area contributed by atoms with E-state index in [9.17, 15) is 8.78 Å². The van der Waals surface area contributed by atoms with Crippen LogP contribution in [0.1, 0.15) is 33.1 Å². The van der Waals surface area contributed by atoms with Crippen molar-refractivity contribution in [2.45, 2.75) is 45.6 Å². The molecule has 0 aromatic heterocycles. The summed E-state index contributed by atoms with van der Waals surface area (Å²) in [5.74, 6) is 0.235. The maximum atomic E-state index is 11.8. The number of alkyl halides is 2. The minimum Gasteiger partial charge on any atom is -0.387 e. The van der Waals surface area contributed by atoms with E-state index >= 15 is 0 Å². The van der Waals surface area contributed by atoms with E-state index in [4.69, 9.17) is 5.11 Å². The Morgan fingerprint density at radius 1 is 1.18 bits per heavy atom. The number of hydrogen-bond acceptors (Lipinski definition) is 1. The summed E-state index contributed by atoms with van der Waals surface area (Å²) in [7, 11) is 0. The molecule has 0 rings (SSSR count). The minimum absolute atomic E-state index is 0.227. The standard InChI is InChI=1S/C8H16F2O/c1-3-6(4-2)5-7(11)8(9)10/h6-8,11H,3-5H2,1-2H3. The average Bonchev–Trinajstić information content (AvgIpc) is 1.99. The first-order chi connectivity index (χ1) is 5.11. The van der Waals surface area contributed by atoms with E-state index in [0.717, 1.165) is 12.8 Å². The number of aliphatic hydroxyl groups is 1. The van der Waals surface area contributed by atoms with Gasteiger partial charge in [0.25, 0.3) is 6.43 Å². The Morgan fingerprint density at radius 3 is 1.91 bits per heavy atom. The Balaban J connectivity index is 3.62. The van der Waals surface area contributed by atoms with E-state index in [0.29, 0.717) is 0 Å². The summed E-state index contributed by atoms with van der Waals surface area (Å²) in [6.07, 6.45) is -2.07. The molecule has 1 nitrogen and oxygen atoms in total. The second kappa shape index (κ2) is 5.47. The Morgan fingerprint density at radius 2 is 1.64 bits per heavy atom. The van der Waals surface area contributed by atoms with E-state index in [1.165, 1.54) is 0 Å². The van der Waals surface area contributed by atoms with Crippen molar-refractivity contribution in [2.75, 3.05) is 0 Å². The van der Waals surface area contributed by atoms with E-state index in [1.807, 2.05) is 13.8 Å². The van der Waals surface area contributed by atoms with Gasteiger partial charge in [-0.2, -0.15) is 0 Å². The number of rotatable bonds is 5. The summed E-state index contributed by atoms with van der Waals surface area (Å²) in [5.41, 5.74) is 0. The van der Waals surface area contributed by atoms with Crippen LogP contribution in [0.3, 0.4) is 0 Å². The van der Waals surface area contributed by atoms with Gasteiger partial charge in [0.2, 0.25) is 0 Å². The van der Waals surface area contributed by atoms with Gasteiger partial charge >= 0.3 is 0 Å². The molecular weight excluding hydrogens is 150 g/mol. The van der Waals surface area contributed by atoms with Gasteiger partial charge in [0.05, 0.1) is 0 Å². The SMILES string of the molecule is CCC(CC)CC(O)C(F)F. The van der Waals surface area contributed by atoms with E-state index < -0.39 is 12.5 Å². The highest BCUT2D eigenvalue weighted by molar-refractivity contribution is 4.64. The molecule has 0 bridgehead atoms. The molecule has 0 saturated carbocycles. The Labute approximate surface area is 66.4 Å². The van der Waals surface area contributed by atoms with Gasteiger partial charge in [-0.3, -0.25) is 0 Å². The lowest BCUT2D eigenvalue weighted by atomic mass is 9.96. The summed E-state index contributed by atoms with van der Waals surface area (Å²) >= 11 is 0. The third-order valence-corrected chi connectivity index (χ3v) is 2.02. The lowest BCUT2D eigenvalue weighted by Gasteiger charge is -2.16. The molecular formula is C8H16F2O. The van der Waals surface area contributed by atoms with Gasteiger partial charge in [-0.1, -0.05) is 26.7 Å². The van der Waals surface area contributed by atoms with Gasteiger partial charge in [0.1, 0.15) is 6.10 Å². The normalized spacial score (nSPS) is 14.5. The molecule has 11 heavy (non-hydrogen) atoms. The molecule has 0 aliphatic rings. The predicted molar refractivity (Wildman–Crippen MR) is 40.7 cm³/mol. The molecule has 0 aromatic carbocycles. The number of halogens is 2. The van der Waals surface area contributed by atoms with Gasteiger partial charge in [-0.15, -0.1) is 0 Å². The maximum Gasteiger partial charge on any atom is 0.264 e. The summed E-state index contributed by atoms with van der Waals surface area (Å²) in [6.45, 7) is 3.90. The van der Waals surface area contributed by atoms with Crippen molar-refractivity contribution in [3.8, 4) is 0 Å². The number of hydrogen-bond donors (Lipinski definition) is 1. The summed E-state index contributed by atoms with van der Waals surface area (Å²) in [5, 5.41) is 8.81. The molecule has 1 N–H and O–H groups in total. The number of aliphatic hydroxyl groups excluding tert-OH is 1. The zero-order chi connectivity index (χ0) is 8.85. The second-order valence-electron chi connectivity index (χ2n) is 2.82. The molecule has 0 amide bonds. The fourth-order valence-electron chi connectivity index (χ4n) is 1.07. The molecule has 0 spiro atoms. The van der Waals surface area contributed by atoms with Crippen molar-refractivity contribution in [1.29, 1.82) is 0 Å². The van der Waals surface area contributed by atoms with Gasteiger partial charge in [0.15, 0.2) is 0 Å². The smallest absolute Gasteiger partial charge is 0.264 e. The van der Waals surface area contributed by atoms with Crippen molar-refractivity contribution in [3.05, 3.63) is 0 Å². The maximum absolute atomic E-state index is 11.8. The Hall–Kier alpha value is -0.180. The Kier molecular flexibility index (Phi) is 5.38.